The van der Waals surface area contributed by atoms with E-state index in [1.165, 1.54) is 11.1 Å². The molecule has 3 fully saturated rings. The van der Waals surface area contributed by atoms with Crippen LogP contribution in [0.1, 0.15) is 92.6 Å². The van der Waals surface area contributed by atoms with Crippen LogP contribution in [0.3, 0.4) is 0 Å². The maximum atomic E-state index is 14.0. The van der Waals surface area contributed by atoms with Gasteiger partial charge in [0.05, 0.1) is 19.3 Å². The number of methoxy groups -OCH3 is 1. The van der Waals surface area contributed by atoms with Gasteiger partial charge in [-0.25, -0.2) is 0 Å². The second kappa shape index (κ2) is 12.1. The Morgan fingerprint density at radius 2 is 1.89 bits per heavy atom. The van der Waals surface area contributed by atoms with Gasteiger partial charge in [-0.15, -0.1) is 0 Å². The van der Waals surface area contributed by atoms with Crippen molar-refractivity contribution in [2.45, 2.75) is 107 Å². The molecule has 7 heteroatoms. The van der Waals surface area contributed by atoms with E-state index in [1.807, 2.05) is 30.3 Å². The molecule has 5 aliphatic rings. The number of ether oxygens (including phenoxy) is 2. The number of hydrogen-bond donors (Lipinski definition) is 1. The number of carbonyl (C=O) groups excluding carboxylic acids is 2. The molecule has 2 aromatic carbocycles. The van der Waals surface area contributed by atoms with Gasteiger partial charge in [0.1, 0.15) is 6.10 Å². The third-order valence-electron chi connectivity index (χ3n) is 11.6. The first-order valence-electron chi connectivity index (χ1n) is 17.1. The summed E-state index contributed by atoms with van der Waals surface area (Å²) < 4.78 is 12.9. The molecule has 2 aliphatic heterocycles. The van der Waals surface area contributed by atoms with E-state index in [2.05, 4.69) is 28.9 Å². The molecule has 2 unspecified atom stereocenters. The largest absolute Gasteiger partial charge is 0.493 e. The number of piperidine rings is 1. The zero-order valence-corrected chi connectivity index (χ0v) is 26.4. The number of benzene rings is 2. The van der Waals surface area contributed by atoms with E-state index in [1.54, 1.807) is 7.11 Å². The molecule has 0 aromatic heterocycles. The number of carbonyl (C=O) groups is 2. The van der Waals surface area contributed by atoms with Gasteiger partial charge in [-0.05, 0) is 75.5 Å². The lowest BCUT2D eigenvalue weighted by Crippen LogP contribution is -2.69. The van der Waals surface area contributed by atoms with Gasteiger partial charge in [0.15, 0.2) is 17.3 Å². The normalized spacial score (nSPS) is 31.2. The van der Waals surface area contributed by atoms with Gasteiger partial charge < -0.3 is 19.5 Å². The third kappa shape index (κ3) is 5.04. The Bertz CT molecular complexity index is 1380. The van der Waals surface area contributed by atoms with Gasteiger partial charge >= 0.3 is 0 Å². The number of hydrogen-bond acceptors (Lipinski definition) is 6. The maximum Gasteiger partial charge on any atom is 0.222 e. The van der Waals surface area contributed by atoms with E-state index in [9.17, 15) is 14.7 Å². The van der Waals surface area contributed by atoms with Gasteiger partial charge in [0.2, 0.25) is 5.91 Å². The van der Waals surface area contributed by atoms with Crippen LogP contribution in [0, 0.1) is 11.8 Å². The molecular formula is C37H48N2O5. The van der Waals surface area contributed by atoms with Gasteiger partial charge in [-0.3, -0.25) is 14.5 Å². The Hall–Kier alpha value is -2.90. The van der Waals surface area contributed by atoms with Crippen molar-refractivity contribution in [1.82, 2.24) is 9.80 Å². The molecule has 2 aromatic rings. The lowest BCUT2D eigenvalue weighted by molar-refractivity contribution is -0.143. The molecule has 2 saturated carbocycles. The van der Waals surface area contributed by atoms with Crippen LogP contribution < -0.4 is 9.47 Å². The highest BCUT2D eigenvalue weighted by molar-refractivity contribution is 5.95. The Kier molecular flexibility index (Phi) is 8.21. The van der Waals surface area contributed by atoms with Crippen LogP contribution in [0.5, 0.6) is 11.5 Å². The average molecular weight is 601 g/mol. The number of likely N-dealkylation sites (tertiary alicyclic amines) is 1. The minimum atomic E-state index is -0.134. The molecule has 7 atom stereocenters. The summed E-state index contributed by atoms with van der Waals surface area (Å²) in [5.41, 5.74) is 3.37. The molecule has 2 heterocycles. The highest BCUT2D eigenvalue weighted by Crippen LogP contribution is 2.64. The fraction of sp³-hybridized carbons (Fsp3) is 0.622. The molecule has 1 N–H and O–H groups in total. The number of unbranched alkanes of at least 4 members (excludes halogenated alkanes) is 2. The van der Waals surface area contributed by atoms with Gasteiger partial charge in [-0.1, -0.05) is 49.7 Å². The minimum absolute atomic E-state index is 0.0248. The summed E-state index contributed by atoms with van der Waals surface area (Å²) in [6.45, 7) is 4.93. The lowest BCUT2D eigenvalue weighted by atomic mass is 9.51. The van der Waals surface area contributed by atoms with E-state index in [0.29, 0.717) is 37.1 Å². The van der Waals surface area contributed by atoms with Crippen molar-refractivity contribution in [3.63, 3.8) is 0 Å². The predicted octanol–water partition coefficient (Wildman–Crippen LogP) is 5.56. The standard InChI is InChI=1S/C37H48N2O5/c1-3-4-19-39(33(42)13-9-8-12-30(40)24-10-6-5-7-11-24)28-16-15-27-29-21-25-14-17-32(43-2)35-34(25)37(27,36(28)44-35)18-20-38(29)23-26-22-31(26)41/h5-7,10-11,14,17,26-29,31,36,41H,3-4,8-9,12-13,15-16,18-23H2,1-2H3/t26?,27-,28+,29+,31?,36-,37-/m0/s1. The molecule has 2 bridgehead atoms. The lowest BCUT2D eigenvalue weighted by Gasteiger charge is -2.60. The first kappa shape index (κ1) is 29.8. The summed E-state index contributed by atoms with van der Waals surface area (Å²) in [6.07, 6.45) is 9.15. The topological polar surface area (TPSA) is 79.3 Å². The zero-order chi connectivity index (χ0) is 30.4. The van der Waals surface area contributed by atoms with Crippen molar-refractivity contribution in [2.24, 2.45) is 11.8 Å². The first-order valence-corrected chi connectivity index (χ1v) is 17.1. The van der Waals surface area contributed by atoms with Crippen LogP contribution in [0.25, 0.3) is 0 Å². The average Bonchev–Trinajstić information content (AvgIpc) is 3.63. The maximum absolute atomic E-state index is 14.0. The monoisotopic (exact) mass is 600 g/mol. The van der Waals surface area contributed by atoms with Crippen molar-refractivity contribution in [3.8, 4) is 11.5 Å². The van der Waals surface area contributed by atoms with E-state index >= 15 is 0 Å². The summed E-state index contributed by atoms with van der Waals surface area (Å²) in [6, 6.07) is 14.2. The molecule has 7 nitrogen and oxygen atoms in total. The predicted molar refractivity (Wildman–Crippen MR) is 169 cm³/mol. The van der Waals surface area contributed by atoms with Crippen LogP contribution in [0.4, 0.5) is 0 Å². The number of amides is 1. The number of nitrogens with zero attached hydrogens (tertiary/aromatic N) is 2. The van der Waals surface area contributed by atoms with Crippen LogP contribution in [0.15, 0.2) is 42.5 Å². The Morgan fingerprint density at radius 1 is 1.09 bits per heavy atom. The van der Waals surface area contributed by atoms with Crippen LogP contribution in [-0.2, 0) is 16.6 Å². The minimum Gasteiger partial charge on any atom is -0.493 e. The Morgan fingerprint density at radius 3 is 2.64 bits per heavy atom. The van der Waals surface area contributed by atoms with Crippen molar-refractivity contribution in [1.29, 1.82) is 0 Å². The third-order valence-corrected chi connectivity index (χ3v) is 11.6. The Labute approximate surface area is 261 Å². The molecule has 7 rings (SSSR count). The van der Waals surface area contributed by atoms with Crippen molar-refractivity contribution in [3.05, 3.63) is 59.2 Å². The second-order valence-corrected chi connectivity index (χ2v) is 14.0. The smallest absolute Gasteiger partial charge is 0.222 e. The van der Waals surface area contributed by atoms with Gasteiger partial charge in [0.25, 0.3) is 0 Å². The zero-order valence-electron chi connectivity index (χ0n) is 26.4. The van der Waals surface area contributed by atoms with Crippen molar-refractivity contribution in [2.75, 3.05) is 26.7 Å². The van der Waals surface area contributed by atoms with E-state index < -0.39 is 0 Å². The van der Waals surface area contributed by atoms with E-state index in [-0.39, 0.29) is 35.4 Å². The Balaban J connectivity index is 1.12. The number of aliphatic hydroxyl groups is 1. The quantitative estimate of drug-likeness (QED) is 0.240. The summed E-state index contributed by atoms with van der Waals surface area (Å²) >= 11 is 0. The molecule has 0 radical (unpaired) electrons. The molecule has 1 amide bonds. The fourth-order valence-electron chi connectivity index (χ4n) is 9.30. The number of Topliss-reactive ketones (excluding diaryl/α,β-unsaturated/α-hetero) is 1. The SMILES string of the molecule is CCCCN(C(=O)CCCCC(=O)c1ccccc1)[C@@H]1CC[C@H]2[C@H]3Cc4ccc(OC)c5c4[C@@]2(CCN3CC2CC2O)[C@H]1O5. The highest BCUT2D eigenvalue weighted by atomic mass is 16.5. The molecule has 1 spiro atoms. The van der Waals surface area contributed by atoms with Gasteiger partial charge in [0, 0.05) is 54.4 Å². The molecule has 44 heavy (non-hydrogen) atoms. The van der Waals surface area contributed by atoms with Crippen molar-refractivity contribution >= 4 is 11.7 Å². The fourth-order valence-corrected chi connectivity index (χ4v) is 9.30. The number of ketones is 1. The number of rotatable bonds is 13. The summed E-state index contributed by atoms with van der Waals surface area (Å²) in [5.74, 6) is 2.95. The molecule has 3 aliphatic carbocycles. The molecular weight excluding hydrogens is 552 g/mol. The first-order chi connectivity index (χ1) is 21.5. The second-order valence-electron chi connectivity index (χ2n) is 14.0. The summed E-state index contributed by atoms with van der Waals surface area (Å²) in [4.78, 5) is 31.5. The van der Waals surface area contributed by atoms with Crippen LogP contribution >= 0.6 is 0 Å². The van der Waals surface area contributed by atoms with Crippen LogP contribution in [-0.4, -0.2) is 77.6 Å². The summed E-state index contributed by atoms with van der Waals surface area (Å²) in [7, 11) is 1.73. The van der Waals surface area contributed by atoms with Gasteiger partial charge in [-0.2, -0.15) is 0 Å². The van der Waals surface area contributed by atoms with E-state index in [0.717, 1.165) is 88.1 Å². The highest BCUT2D eigenvalue weighted by Gasteiger charge is 2.67. The summed E-state index contributed by atoms with van der Waals surface area (Å²) in [5, 5.41) is 10.1. The number of aliphatic hydroxyl groups excluding tert-OH is 1. The van der Waals surface area contributed by atoms with Crippen molar-refractivity contribution < 1.29 is 24.2 Å². The molecule has 236 valence electrons. The van der Waals surface area contributed by atoms with Crippen LogP contribution in [0.2, 0.25) is 0 Å². The molecule has 1 saturated heterocycles. The van der Waals surface area contributed by atoms with E-state index in [4.69, 9.17) is 9.47 Å².